The van der Waals surface area contributed by atoms with Gasteiger partial charge in [-0.25, -0.2) is 0 Å². The maximum absolute atomic E-state index is 9.46. The first-order chi connectivity index (χ1) is 14.7. The largest absolute Gasteiger partial charge is 0.192 e. The van der Waals surface area contributed by atoms with E-state index in [2.05, 4.69) is 68.2 Å². The van der Waals surface area contributed by atoms with Gasteiger partial charge in [0, 0.05) is 11.5 Å². The van der Waals surface area contributed by atoms with E-state index >= 15 is 0 Å². The molecule has 0 spiro atoms. The van der Waals surface area contributed by atoms with Crippen molar-refractivity contribution in [2.24, 2.45) is 5.92 Å². The van der Waals surface area contributed by atoms with Crippen LogP contribution in [0.5, 0.6) is 0 Å². The zero-order chi connectivity index (χ0) is 21.2. The maximum atomic E-state index is 9.46. The highest BCUT2D eigenvalue weighted by Gasteiger charge is 2.21. The third-order valence-corrected chi connectivity index (χ3v) is 6.45. The lowest BCUT2D eigenvalue weighted by Crippen LogP contribution is -2.12. The maximum Gasteiger partial charge on any atom is 0.0994 e. The van der Waals surface area contributed by atoms with E-state index in [9.17, 15) is 5.26 Å². The second-order valence-electron chi connectivity index (χ2n) is 8.75. The van der Waals surface area contributed by atoms with Gasteiger partial charge < -0.3 is 0 Å². The Morgan fingerprint density at radius 3 is 2.23 bits per heavy atom. The summed E-state index contributed by atoms with van der Waals surface area (Å²) in [6.07, 6.45) is 11.8. The lowest BCUT2D eigenvalue weighted by atomic mass is 9.78. The van der Waals surface area contributed by atoms with Crippen molar-refractivity contribution in [1.82, 2.24) is 0 Å². The molecule has 2 aromatic rings. The Morgan fingerprint density at radius 2 is 1.57 bits per heavy atom. The summed E-state index contributed by atoms with van der Waals surface area (Å²) in [6.45, 7) is 4.43. The molecule has 1 saturated carbocycles. The Balaban J connectivity index is 1.55. The normalized spacial score (nSPS) is 18.3. The van der Waals surface area contributed by atoms with Gasteiger partial charge in [-0.3, -0.25) is 0 Å². The van der Waals surface area contributed by atoms with Gasteiger partial charge in [0.1, 0.15) is 0 Å². The number of nitrogens with zero attached hydrogens (tertiary/aromatic N) is 1. The lowest BCUT2D eigenvalue weighted by Gasteiger charge is -2.26. The van der Waals surface area contributed by atoms with Crippen molar-refractivity contribution in [2.45, 2.75) is 84.0 Å². The minimum Gasteiger partial charge on any atom is -0.192 e. The number of aryl methyl sites for hydroxylation is 2. The predicted octanol–water partition coefficient (Wildman–Crippen LogP) is 7.57. The van der Waals surface area contributed by atoms with E-state index in [-0.39, 0.29) is 0 Å². The van der Waals surface area contributed by atoms with E-state index in [4.69, 9.17) is 0 Å². The van der Waals surface area contributed by atoms with Crippen molar-refractivity contribution in [3.8, 4) is 17.9 Å². The number of rotatable bonds is 7. The molecule has 0 N–H and O–H groups in total. The van der Waals surface area contributed by atoms with E-state index in [1.807, 2.05) is 6.07 Å². The molecule has 1 nitrogen and oxygen atoms in total. The molecule has 0 bridgehead atoms. The Bertz CT molecular complexity index is 896. The Labute approximate surface area is 183 Å². The van der Waals surface area contributed by atoms with E-state index in [1.54, 1.807) is 0 Å². The molecular formula is C29H35N. The van der Waals surface area contributed by atoms with Crippen molar-refractivity contribution in [3.05, 3.63) is 70.3 Å². The number of nitriles is 1. The minimum atomic E-state index is 0.482. The molecule has 0 heterocycles. The first kappa shape index (κ1) is 22.2. The molecular weight excluding hydrogens is 362 g/mol. The quantitative estimate of drug-likeness (QED) is 0.442. The lowest BCUT2D eigenvalue weighted by molar-refractivity contribution is 0.384. The molecule has 1 aliphatic rings. The fourth-order valence-electron chi connectivity index (χ4n) is 4.44. The first-order valence-electron chi connectivity index (χ1n) is 11.9. The second kappa shape index (κ2) is 11.6. The van der Waals surface area contributed by atoms with Crippen LogP contribution in [0.2, 0.25) is 0 Å². The van der Waals surface area contributed by atoms with Gasteiger partial charge >= 0.3 is 0 Å². The summed E-state index contributed by atoms with van der Waals surface area (Å²) >= 11 is 0. The van der Waals surface area contributed by atoms with Crippen LogP contribution in [0.3, 0.4) is 0 Å². The third-order valence-electron chi connectivity index (χ3n) is 6.45. The highest BCUT2D eigenvalue weighted by atomic mass is 14.3. The van der Waals surface area contributed by atoms with Crippen LogP contribution >= 0.6 is 0 Å². The number of unbranched alkanes of at least 4 members (excludes halogenated alkanes) is 2. The number of hydrogen-bond donors (Lipinski definition) is 0. The molecule has 1 heteroatoms. The Morgan fingerprint density at radius 1 is 0.867 bits per heavy atom. The van der Waals surface area contributed by atoms with Crippen molar-refractivity contribution >= 4 is 0 Å². The molecule has 0 atom stereocenters. The van der Waals surface area contributed by atoms with E-state index in [1.165, 1.54) is 56.1 Å². The van der Waals surface area contributed by atoms with Crippen molar-refractivity contribution in [1.29, 1.82) is 5.26 Å². The van der Waals surface area contributed by atoms with Gasteiger partial charge in [-0.1, -0.05) is 68.9 Å². The molecule has 3 rings (SSSR count). The van der Waals surface area contributed by atoms with Gasteiger partial charge in [0.25, 0.3) is 0 Å². The average molecular weight is 398 g/mol. The average Bonchev–Trinajstić information content (AvgIpc) is 2.81. The summed E-state index contributed by atoms with van der Waals surface area (Å²) < 4.78 is 0. The first-order valence-corrected chi connectivity index (χ1v) is 11.9. The van der Waals surface area contributed by atoms with Crippen LogP contribution in [0, 0.1) is 29.1 Å². The van der Waals surface area contributed by atoms with Crippen LogP contribution in [0.25, 0.3) is 0 Å². The highest BCUT2D eigenvalue weighted by Crippen LogP contribution is 2.35. The van der Waals surface area contributed by atoms with Gasteiger partial charge in [0.2, 0.25) is 0 Å². The molecule has 30 heavy (non-hydrogen) atoms. The SMILES string of the molecule is CCCCc1ccc([C@H]2CC[C@H](C#Cc3ccc(CCCC)c(C#N)c3)CC2)cc1. The topological polar surface area (TPSA) is 23.8 Å². The van der Waals surface area contributed by atoms with E-state index < -0.39 is 0 Å². The molecule has 1 aliphatic carbocycles. The summed E-state index contributed by atoms with van der Waals surface area (Å²) in [4.78, 5) is 0. The fourth-order valence-corrected chi connectivity index (χ4v) is 4.44. The number of hydrogen-bond acceptors (Lipinski definition) is 1. The van der Waals surface area contributed by atoms with Gasteiger partial charge in [0.05, 0.1) is 11.6 Å². The molecule has 2 aromatic carbocycles. The van der Waals surface area contributed by atoms with E-state index in [0.29, 0.717) is 11.8 Å². The highest BCUT2D eigenvalue weighted by molar-refractivity contribution is 5.46. The summed E-state index contributed by atoms with van der Waals surface area (Å²) in [7, 11) is 0. The standard InChI is InChI=1S/C29H35N/c1-3-5-7-23-11-16-27(17-12-23)28-18-13-24(14-19-28)9-10-25-15-20-26(8-6-4-2)29(21-25)22-30/h11-12,15-17,20-21,24,28H,3-8,13-14,18-19H2,1-2H3/t24-,28-. The molecule has 0 aromatic heterocycles. The van der Waals surface area contributed by atoms with Crippen LogP contribution in [-0.4, -0.2) is 0 Å². The Kier molecular flexibility index (Phi) is 8.59. The van der Waals surface area contributed by atoms with Gasteiger partial charge in [-0.15, -0.1) is 0 Å². The fraction of sp³-hybridized carbons (Fsp3) is 0.483. The Hall–Kier alpha value is -2.51. The van der Waals surface area contributed by atoms with Crippen LogP contribution in [0.1, 0.15) is 98.9 Å². The van der Waals surface area contributed by atoms with Crippen LogP contribution in [-0.2, 0) is 12.8 Å². The van der Waals surface area contributed by atoms with Gasteiger partial charge in [-0.2, -0.15) is 5.26 Å². The number of benzene rings is 2. The predicted molar refractivity (Wildman–Crippen MR) is 126 cm³/mol. The second-order valence-corrected chi connectivity index (χ2v) is 8.75. The van der Waals surface area contributed by atoms with Gasteiger partial charge in [0.15, 0.2) is 0 Å². The summed E-state index contributed by atoms with van der Waals surface area (Å²) in [6, 6.07) is 17.9. The van der Waals surface area contributed by atoms with Crippen LogP contribution < -0.4 is 0 Å². The summed E-state index contributed by atoms with van der Waals surface area (Å²) in [5.74, 6) is 8.02. The minimum absolute atomic E-state index is 0.482. The van der Waals surface area contributed by atoms with Crippen LogP contribution in [0.4, 0.5) is 0 Å². The summed E-state index contributed by atoms with van der Waals surface area (Å²) in [5.41, 5.74) is 5.91. The molecule has 1 fully saturated rings. The molecule has 0 amide bonds. The molecule has 0 saturated heterocycles. The van der Waals surface area contributed by atoms with Crippen molar-refractivity contribution in [2.75, 3.05) is 0 Å². The van der Waals surface area contributed by atoms with Crippen molar-refractivity contribution < 1.29 is 0 Å². The molecule has 0 unspecified atom stereocenters. The molecule has 0 radical (unpaired) electrons. The molecule has 0 aliphatic heterocycles. The third kappa shape index (κ3) is 6.24. The van der Waals surface area contributed by atoms with Crippen molar-refractivity contribution in [3.63, 3.8) is 0 Å². The summed E-state index contributed by atoms with van der Waals surface area (Å²) in [5, 5.41) is 9.46. The van der Waals surface area contributed by atoms with Crippen LogP contribution in [0.15, 0.2) is 42.5 Å². The molecule has 156 valence electrons. The monoisotopic (exact) mass is 397 g/mol. The zero-order valence-electron chi connectivity index (χ0n) is 18.7. The van der Waals surface area contributed by atoms with Gasteiger partial charge in [-0.05, 0) is 86.1 Å². The van der Waals surface area contributed by atoms with E-state index in [0.717, 1.165) is 36.0 Å². The smallest absolute Gasteiger partial charge is 0.0994 e. The zero-order valence-corrected chi connectivity index (χ0v) is 18.7.